The molecular formula is C11H10FN3O5S. The van der Waals surface area contributed by atoms with Crippen LogP contribution in [0.25, 0.3) is 0 Å². The van der Waals surface area contributed by atoms with Crippen LogP contribution in [0.15, 0.2) is 27.6 Å². The number of anilines is 1. The van der Waals surface area contributed by atoms with Crippen molar-refractivity contribution in [2.24, 2.45) is 0 Å². The van der Waals surface area contributed by atoms with Crippen LogP contribution < -0.4 is 4.72 Å². The molecule has 0 aliphatic rings. The van der Waals surface area contributed by atoms with Crippen molar-refractivity contribution in [3.8, 4) is 0 Å². The molecule has 0 spiro atoms. The molecule has 0 radical (unpaired) electrons. The maximum absolute atomic E-state index is 13.3. The standard InChI is InChI=1S/C11H10FN3O5S/c1-6-7(2)13-20-11(6)14-21(18,19)10-4-8(12)3-9(5-10)15(16)17/h3-5,14H,1-2H3. The van der Waals surface area contributed by atoms with E-state index < -0.39 is 31.3 Å². The Bertz CT molecular complexity index is 815. The van der Waals surface area contributed by atoms with Crippen LogP contribution in [0.2, 0.25) is 0 Å². The highest BCUT2D eigenvalue weighted by atomic mass is 32.2. The second-order valence-corrected chi connectivity index (χ2v) is 5.91. The molecule has 1 aromatic heterocycles. The summed E-state index contributed by atoms with van der Waals surface area (Å²) in [5.74, 6) is -1.16. The molecule has 1 aromatic carbocycles. The van der Waals surface area contributed by atoms with Crippen molar-refractivity contribution < 1.29 is 22.3 Å². The van der Waals surface area contributed by atoms with Gasteiger partial charge in [0.1, 0.15) is 5.82 Å². The van der Waals surface area contributed by atoms with E-state index in [2.05, 4.69) is 9.88 Å². The number of rotatable bonds is 4. The van der Waals surface area contributed by atoms with Gasteiger partial charge in [-0.05, 0) is 19.9 Å². The fourth-order valence-electron chi connectivity index (χ4n) is 1.50. The van der Waals surface area contributed by atoms with Crippen molar-refractivity contribution in [1.29, 1.82) is 0 Å². The van der Waals surface area contributed by atoms with Crippen LogP contribution in [0.3, 0.4) is 0 Å². The predicted molar refractivity (Wildman–Crippen MR) is 69.8 cm³/mol. The van der Waals surface area contributed by atoms with Crippen LogP contribution in [0.4, 0.5) is 16.0 Å². The molecule has 21 heavy (non-hydrogen) atoms. The molecule has 0 bridgehead atoms. The first kappa shape index (κ1) is 14.9. The van der Waals surface area contributed by atoms with E-state index >= 15 is 0 Å². The fraction of sp³-hybridized carbons (Fsp3) is 0.182. The largest absolute Gasteiger partial charge is 0.337 e. The van der Waals surface area contributed by atoms with Crippen molar-refractivity contribution in [2.75, 3.05) is 4.72 Å². The lowest BCUT2D eigenvalue weighted by Crippen LogP contribution is -2.13. The van der Waals surface area contributed by atoms with Gasteiger partial charge in [-0.25, -0.2) is 17.5 Å². The zero-order chi connectivity index (χ0) is 15.8. The lowest BCUT2D eigenvalue weighted by molar-refractivity contribution is -0.385. The molecule has 0 saturated carbocycles. The minimum absolute atomic E-state index is 0.126. The average molecular weight is 315 g/mol. The Morgan fingerprint density at radius 3 is 2.52 bits per heavy atom. The quantitative estimate of drug-likeness (QED) is 0.682. The number of aromatic nitrogens is 1. The number of benzene rings is 1. The highest BCUT2D eigenvalue weighted by molar-refractivity contribution is 7.92. The molecular weight excluding hydrogens is 305 g/mol. The topological polar surface area (TPSA) is 115 Å². The van der Waals surface area contributed by atoms with Gasteiger partial charge in [-0.15, -0.1) is 0 Å². The van der Waals surface area contributed by atoms with E-state index in [9.17, 15) is 22.9 Å². The average Bonchev–Trinajstić information content (AvgIpc) is 2.69. The van der Waals surface area contributed by atoms with Gasteiger partial charge in [-0.2, -0.15) is 0 Å². The molecule has 8 nitrogen and oxygen atoms in total. The number of non-ortho nitro benzene ring substituents is 1. The van der Waals surface area contributed by atoms with E-state index in [0.29, 0.717) is 23.4 Å². The van der Waals surface area contributed by atoms with Gasteiger partial charge in [0, 0.05) is 11.6 Å². The minimum Gasteiger partial charge on any atom is -0.337 e. The van der Waals surface area contributed by atoms with Crippen LogP contribution in [-0.2, 0) is 10.0 Å². The number of nitro benzene ring substituents is 1. The number of nitrogens with zero attached hydrogens (tertiary/aromatic N) is 2. The molecule has 10 heteroatoms. The lowest BCUT2D eigenvalue weighted by Gasteiger charge is -2.06. The van der Waals surface area contributed by atoms with Crippen molar-refractivity contribution in [1.82, 2.24) is 5.16 Å². The van der Waals surface area contributed by atoms with Crippen LogP contribution in [0.5, 0.6) is 0 Å². The molecule has 112 valence electrons. The number of sulfonamides is 1. The molecule has 0 saturated heterocycles. The summed E-state index contributed by atoms with van der Waals surface area (Å²) < 4.78 is 44.4. The maximum Gasteiger partial charge on any atom is 0.273 e. The summed E-state index contributed by atoms with van der Waals surface area (Å²) >= 11 is 0. The zero-order valence-corrected chi connectivity index (χ0v) is 11.8. The summed E-state index contributed by atoms with van der Waals surface area (Å²) in [6.07, 6.45) is 0. The van der Waals surface area contributed by atoms with Crippen LogP contribution in [0.1, 0.15) is 11.3 Å². The number of aryl methyl sites for hydroxylation is 1. The number of hydrogen-bond donors (Lipinski definition) is 1. The number of nitro groups is 1. The molecule has 2 rings (SSSR count). The summed E-state index contributed by atoms with van der Waals surface area (Å²) in [5, 5.41) is 14.2. The Hall–Kier alpha value is -2.49. The first-order valence-corrected chi connectivity index (χ1v) is 7.09. The second-order valence-electron chi connectivity index (χ2n) is 4.23. The van der Waals surface area contributed by atoms with E-state index in [-0.39, 0.29) is 5.88 Å². The van der Waals surface area contributed by atoms with Gasteiger partial charge in [0.25, 0.3) is 15.7 Å². The van der Waals surface area contributed by atoms with Gasteiger partial charge in [-0.1, -0.05) is 5.16 Å². The summed E-state index contributed by atoms with van der Waals surface area (Å²) in [6, 6.07) is 2.06. The van der Waals surface area contributed by atoms with E-state index in [1.807, 2.05) is 0 Å². The van der Waals surface area contributed by atoms with E-state index in [1.165, 1.54) is 0 Å². The fourth-order valence-corrected chi connectivity index (χ4v) is 2.60. The third-order valence-electron chi connectivity index (χ3n) is 2.76. The summed E-state index contributed by atoms with van der Waals surface area (Å²) in [4.78, 5) is 9.18. The molecule has 0 aliphatic carbocycles. The van der Waals surface area contributed by atoms with Gasteiger partial charge >= 0.3 is 0 Å². The number of halogens is 1. The highest BCUT2D eigenvalue weighted by Gasteiger charge is 2.22. The first-order chi connectivity index (χ1) is 9.70. The smallest absolute Gasteiger partial charge is 0.273 e. The van der Waals surface area contributed by atoms with Gasteiger partial charge in [0.05, 0.1) is 21.6 Å². The van der Waals surface area contributed by atoms with Crippen LogP contribution >= 0.6 is 0 Å². The Balaban J connectivity index is 2.44. The van der Waals surface area contributed by atoms with Gasteiger partial charge in [0.15, 0.2) is 0 Å². The zero-order valence-electron chi connectivity index (χ0n) is 11.0. The molecule has 0 aliphatic heterocycles. The molecule has 1 N–H and O–H groups in total. The van der Waals surface area contributed by atoms with Crippen LogP contribution in [0, 0.1) is 29.8 Å². The number of hydrogen-bond acceptors (Lipinski definition) is 6. The normalized spacial score (nSPS) is 11.4. The highest BCUT2D eigenvalue weighted by Crippen LogP contribution is 2.24. The van der Waals surface area contributed by atoms with E-state index in [1.54, 1.807) is 13.8 Å². The van der Waals surface area contributed by atoms with Gasteiger partial charge in [0.2, 0.25) is 5.88 Å². The molecule has 0 amide bonds. The van der Waals surface area contributed by atoms with Gasteiger partial charge in [-0.3, -0.25) is 10.1 Å². The summed E-state index contributed by atoms with van der Waals surface area (Å²) in [5.41, 5.74) is 0.281. The first-order valence-electron chi connectivity index (χ1n) is 5.61. The molecule has 2 aromatic rings. The summed E-state index contributed by atoms with van der Waals surface area (Å²) in [6.45, 7) is 3.20. The van der Waals surface area contributed by atoms with Crippen molar-refractivity contribution >= 4 is 21.6 Å². The third-order valence-corrected chi connectivity index (χ3v) is 4.07. The lowest BCUT2D eigenvalue weighted by atomic mass is 10.3. The monoisotopic (exact) mass is 315 g/mol. The summed E-state index contributed by atoms with van der Waals surface area (Å²) in [7, 11) is -4.23. The Morgan fingerprint density at radius 2 is 2.00 bits per heavy atom. The second kappa shape index (κ2) is 5.13. The van der Waals surface area contributed by atoms with Crippen molar-refractivity contribution in [3.63, 3.8) is 0 Å². The molecule has 1 heterocycles. The van der Waals surface area contributed by atoms with E-state index in [0.717, 1.165) is 6.07 Å². The third kappa shape index (κ3) is 2.99. The van der Waals surface area contributed by atoms with Gasteiger partial charge < -0.3 is 4.52 Å². The van der Waals surface area contributed by atoms with Crippen LogP contribution in [-0.4, -0.2) is 18.5 Å². The molecule has 0 fully saturated rings. The minimum atomic E-state index is -4.23. The Morgan fingerprint density at radius 1 is 1.33 bits per heavy atom. The predicted octanol–water partition coefficient (Wildman–Crippen LogP) is 2.14. The molecule has 0 atom stereocenters. The SMILES string of the molecule is Cc1noc(NS(=O)(=O)c2cc(F)cc([N+](=O)[O-])c2)c1C. The Labute approximate surface area is 118 Å². The maximum atomic E-state index is 13.3. The van der Waals surface area contributed by atoms with Crippen molar-refractivity contribution in [3.05, 3.63) is 45.4 Å². The van der Waals surface area contributed by atoms with Crippen molar-refractivity contribution in [2.45, 2.75) is 18.7 Å². The number of nitrogens with one attached hydrogen (secondary N) is 1. The van der Waals surface area contributed by atoms with E-state index in [4.69, 9.17) is 4.52 Å². The Kier molecular flexibility index (Phi) is 3.64. The molecule has 0 unspecified atom stereocenters.